The van der Waals surface area contributed by atoms with Crippen LogP contribution in [0, 0.1) is 6.92 Å². The van der Waals surface area contributed by atoms with Crippen molar-refractivity contribution in [3.63, 3.8) is 0 Å². The number of fused-ring (bicyclic) bond motifs is 1. The molecule has 0 bridgehead atoms. The zero-order valence-electron chi connectivity index (χ0n) is 19.7. The van der Waals surface area contributed by atoms with Crippen LogP contribution in [0.2, 0.25) is 0 Å². The summed E-state index contributed by atoms with van der Waals surface area (Å²) in [4.78, 5) is 24.2. The molecule has 2 fully saturated rings. The van der Waals surface area contributed by atoms with Gasteiger partial charge in [0, 0.05) is 29.7 Å². The summed E-state index contributed by atoms with van der Waals surface area (Å²) in [5.41, 5.74) is 3.70. The average molecular weight is 470 g/mol. The van der Waals surface area contributed by atoms with Crippen molar-refractivity contribution in [2.24, 2.45) is 0 Å². The fourth-order valence-corrected chi connectivity index (χ4v) is 5.29. The van der Waals surface area contributed by atoms with E-state index in [1.54, 1.807) is 18.6 Å². The zero-order valence-corrected chi connectivity index (χ0v) is 19.7. The van der Waals surface area contributed by atoms with Crippen LogP contribution in [0.1, 0.15) is 17.2 Å². The molecule has 2 saturated heterocycles. The number of pyridine rings is 2. The van der Waals surface area contributed by atoms with Crippen LogP contribution in [-0.2, 0) is 4.74 Å². The minimum absolute atomic E-state index is 0.0786. The number of carbonyl (C=O) groups is 1. The van der Waals surface area contributed by atoms with Gasteiger partial charge in [-0.1, -0.05) is 30.3 Å². The number of rotatable bonds is 4. The molecule has 9 heteroatoms. The Morgan fingerprint density at radius 3 is 2.69 bits per heavy atom. The maximum absolute atomic E-state index is 13.1. The Hall–Kier alpha value is -3.82. The summed E-state index contributed by atoms with van der Waals surface area (Å²) in [6.07, 6.45) is 5.26. The third-order valence-corrected chi connectivity index (χ3v) is 7.25. The van der Waals surface area contributed by atoms with Crippen LogP contribution >= 0.6 is 0 Å². The van der Waals surface area contributed by atoms with Crippen molar-refractivity contribution in [1.82, 2.24) is 30.0 Å². The highest BCUT2D eigenvalue weighted by molar-refractivity contribution is 5.91. The highest BCUT2D eigenvalue weighted by Gasteiger charge is 2.57. The molecule has 4 aromatic rings. The van der Waals surface area contributed by atoms with E-state index in [-0.39, 0.29) is 23.5 Å². The number of likely N-dealkylation sites (N-methyl/N-ethyl adjacent to an activating group) is 1. The smallest absolute Gasteiger partial charge is 0.320 e. The highest BCUT2D eigenvalue weighted by atomic mass is 16.5. The third kappa shape index (κ3) is 3.73. The molecule has 9 nitrogen and oxygen atoms in total. The summed E-state index contributed by atoms with van der Waals surface area (Å²) in [6, 6.07) is 15.7. The summed E-state index contributed by atoms with van der Waals surface area (Å²) in [7, 11) is 2.11. The first-order valence-electron chi connectivity index (χ1n) is 11.7. The molecule has 2 atom stereocenters. The molecule has 1 aromatic carbocycles. The number of aromatic nitrogens is 4. The third-order valence-electron chi connectivity index (χ3n) is 7.25. The van der Waals surface area contributed by atoms with Crippen LogP contribution in [-0.4, -0.2) is 69.1 Å². The molecule has 2 aliphatic heterocycles. The van der Waals surface area contributed by atoms with E-state index in [0.717, 1.165) is 28.8 Å². The molecule has 2 N–H and O–H groups in total. The van der Waals surface area contributed by atoms with Crippen LogP contribution in [0.25, 0.3) is 16.6 Å². The number of nitrogens with one attached hydrogen (secondary N) is 2. The second-order valence-electron chi connectivity index (χ2n) is 9.41. The number of hydrogen-bond acceptors (Lipinski definition) is 6. The van der Waals surface area contributed by atoms with Crippen molar-refractivity contribution in [2.75, 3.05) is 32.1 Å². The Balaban J connectivity index is 1.22. The minimum Gasteiger partial charge on any atom is -0.377 e. The summed E-state index contributed by atoms with van der Waals surface area (Å²) in [5, 5.41) is 11.6. The normalized spacial score (nSPS) is 21.2. The van der Waals surface area contributed by atoms with Crippen molar-refractivity contribution in [3.05, 3.63) is 78.4 Å². The largest absolute Gasteiger partial charge is 0.377 e. The standard InChI is InChI=1S/C26H27N7O2/c1-17-10-20(8-9-27-17)33-22-13-28-23(11-19(22)12-29-33)30-25(34)31-24-21(18-6-4-3-5-7-18)14-32(2)26(24)15-35-16-26/h3-13,21,24H,14-16H2,1-2H3,(H2,28,30,31,34)/t21-,24-/m0/s1. The molecule has 0 saturated carbocycles. The number of benzene rings is 1. The molecule has 35 heavy (non-hydrogen) atoms. The lowest BCUT2D eigenvalue weighted by molar-refractivity contribution is -0.124. The topological polar surface area (TPSA) is 97.2 Å². The van der Waals surface area contributed by atoms with E-state index >= 15 is 0 Å². The number of anilines is 1. The lowest BCUT2D eigenvalue weighted by Crippen LogP contribution is -2.67. The van der Waals surface area contributed by atoms with Gasteiger partial charge >= 0.3 is 6.03 Å². The number of amides is 2. The predicted octanol–water partition coefficient (Wildman–Crippen LogP) is 3.11. The Morgan fingerprint density at radius 2 is 1.94 bits per heavy atom. The zero-order chi connectivity index (χ0) is 24.0. The van der Waals surface area contributed by atoms with Crippen molar-refractivity contribution in [2.45, 2.75) is 24.4 Å². The molecule has 0 aliphatic carbocycles. The van der Waals surface area contributed by atoms with Crippen molar-refractivity contribution < 1.29 is 9.53 Å². The van der Waals surface area contributed by atoms with Crippen LogP contribution in [0.5, 0.6) is 0 Å². The molecule has 6 rings (SSSR count). The number of likely N-dealkylation sites (tertiary alicyclic amines) is 1. The van der Waals surface area contributed by atoms with E-state index in [0.29, 0.717) is 19.0 Å². The number of carbonyl (C=O) groups excluding carboxylic acids is 1. The molecular weight excluding hydrogens is 442 g/mol. The van der Waals surface area contributed by atoms with E-state index in [1.165, 1.54) is 5.56 Å². The lowest BCUT2D eigenvalue weighted by atomic mass is 9.81. The fourth-order valence-electron chi connectivity index (χ4n) is 5.29. The van der Waals surface area contributed by atoms with Crippen LogP contribution in [0.4, 0.5) is 10.6 Å². The highest BCUT2D eigenvalue weighted by Crippen LogP contribution is 2.42. The van der Waals surface area contributed by atoms with E-state index in [2.05, 4.69) is 49.8 Å². The second-order valence-corrected chi connectivity index (χ2v) is 9.41. The summed E-state index contributed by atoms with van der Waals surface area (Å²) in [5.74, 6) is 0.648. The van der Waals surface area contributed by atoms with Gasteiger partial charge in [-0.05, 0) is 37.7 Å². The lowest BCUT2D eigenvalue weighted by Gasteiger charge is -2.47. The molecule has 5 heterocycles. The quantitative estimate of drug-likeness (QED) is 0.477. The van der Waals surface area contributed by atoms with Gasteiger partial charge in [-0.15, -0.1) is 0 Å². The minimum atomic E-state index is -0.276. The Labute approximate surface area is 203 Å². The second kappa shape index (κ2) is 8.44. The Bertz CT molecular complexity index is 1380. The van der Waals surface area contributed by atoms with Crippen LogP contribution in [0.3, 0.4) is 0 Å². The van der Waals surface area contributed by atoms with Gasteiger partial charge in [-0.2, -0.15) is 5.10 Å². The Morgan fingerprint density at radius 1 is 1.11 bits per heavy atom. The molecular formula is C26H27N7O2. The summed E-state index contributed by atoms with van der Waals surface area (Å²) in [6.45, 7) is 4.01. The van der Waals surface area contributed by atoms with Gasteiger partial charge in [-0.25, -0.2) is 14.5 Å². The number of hydrogen-bond donors (Lipinski definition) is 2. The maximum Gasteiger partial charge on any atom is 0.320 e. The number of ether oxygens (including phenoxy) is 1. The van der Waals surface area contributed by atoms with Gasteiger partial charge in [0.05, 0.1) is 48.4 Å². The molecule has 0 radical (unpaired) electrons. The molecule has 3 aromatic heterocycles. The number of nitrogens with zero attached hydrogens (tertiary/aromatic N) is 5. The van der Waals surface area contributed by atoms with Crippen molar-refractivity contribution in [1.29, 1.82) is 0 Å². The average Bonchev–Trinajstić information content (AvgIpc) is 3.38. The first kappa shape index (κ1) is 21.7. The van der Waals surface area contributed by atoms with Gasteiger partial charge in [0.1, 0.15) is 5.82 Å². The van der Waals surface area contributed by atoms with E-state index < -0.39 is 0 Å². The molecule has 178 valence electrons. The van der Waals surface area contributed by atoms with E-state index in [1.807, 2.05) is 48.0 Å². The molecule has 1 spiro atoms. The van der Waals surface area contributed by atoms with E-state index in [9.17, 15) is 4.79 Å². The van der Waals surface area contributed by atoms with E-state index in [4.69, 9.17) is 4.74 Å². The summed E-state index contributed by atoms with van der Waals surface area (Å²) >= 11 is 0. The molecule has 2 amide bonds. The monoisotopic (exact) mass is 469 g/mol. The van der Waals surface area contributed by atoms with Gasteiger partial charge in [0.25, 0.3) is 0 Å². The predicted molar refractivity (Wildman–Crippen MR) is 133 cm³/mol. The van der Waals surface area contributed by atoms with Gasteiger partial charge < -0.3 is 10.1 Å². The van der Waals surface area contributed by atoms with Crippen molar-refractivity contribution in [3.8, 4) is 5.69 Å². The molecule has 2 aliphatic rings. The Kier molecular flexibility index (Phi) is 5.23. The maximum atomic E-state index is 13.1. The van der Waals surface area contributed by atoms with Gasteiger partial charge in [0.15, 0.2) is 0 Å². The molecule has 0 unspecified atom stereocenters. The number of urea groups is 1. The van der Waals surface area contributed by atoms with Gasteiger partial charge in [-0.3, -0.25) is 15.2 Å². The SMILES string of the molecule is Cc1cc(-n2ncc3cc(NC(=O)N[C@H]4[C@H](c5ccccc5)CN(C)C45COC5)ncc32)ccn1. The number of aryl methyl sites for hydroxylation is 1. The van der Waals surface area contributed by atoms with Crippen molar-refractivity contribution >= 4 is 22.8 Å². The van der Waals surface area contributed by atoms with Crippen LogP contribution in [0.15, 0.2) is 67.1 Å². The van der Waals surface area contributed by atoms with Gasteiger partial charge in [0.2, 0.25) is 0 Å². The fraction of sp³-hybridized carbons (Fsp3) is 0.308. The van der Waals surface area contributed by atoms with Crippen LogP contribution < -0.4 is 10.6 Å². The first-order valence-corrected chi connectivity index (χ1v) is 11.7. The summed E-state index contributed by atoms with van der Waals surface area (Å²) < 4.78 is 7.42. The first-order chi connectivity index (χ1) is 17.0.